The molecule has 0 radical (unpaired) electrons. The fourth-order valence-corrected chi connectivity index (χ4v) is 3.64. The van der Waals surface area contributed by atoms with E-state index in [1.807, 2.05) is 19.1 Å². The predicted octanol–water partition coefficient (Wildman–Crippen LogP) is 0.890. The van der Waals surface area contributed by atoms with Crippen molar-refractivity contribution in [3.63, 3.8) is 0 Å². The van der Waals surface area contributed by atoms with Crippen LogP contribution >= 0.6 is 0 Å². The molecule has 0 spiro atoms. The number of benzene rings is 1. The van der Waals surface area contributed by atoms with Gasteiger partial charge < -0.3 is 15.1 Å². The summed E-state index contributed by atoms with van der Waals surface area (Å²) in [5.74, 6) is -0.450. The number of amides is 2. The Bertz CT molecular complexity index is 962. The molecule has 1 N–H and O–H groups in total. The van der Waals surface area contributed by atoms with Crippen molar-refractivity contribution in [2.75, 3.05) is 31.2 Å². The van der Waals surface area contributed by atoms with Crippen molar-refractivity contribution in [2.24, 2.45) is 4.40 Å². The molecule has 2 heterocycles. The minimum absolute atomic E-state index is 0.100. The summed E-state index contributed by atoms with van der Waals surface area (Å²) in [6, 6.07) is 7.37. The van der Waals surface area contributed by atoms with Crippen LogP contribution in [-0.2, 0) is 19.6 Å². The van der Waals surface area contributed by atoms with Crippen LogP contribution in [-0.4, -0.2) is 61.8 Å². The lowest BCUT2D eigenvalue weighted by Gasteiger charge is -2.28. The number of sulfonamides is 1. The van der Waals surface area contributed by atoms with E-state index < -0.39 is 10.0 Å². The summed E-state index contributed by atoms with van der Waals surface area (Å²) in [7, 11) is -1.90. The first-order chi connectivity index (χ1) is 12.7. The topological polar surface area (TPSA) is 99.1 Å². The minimum atomic E-state index is -3.44. The number of fused-ring (bicyclic) bond motifs is 1. The summed E-state index contributed by atoms with van der Waals surface area (Å²) in [5.41, 5.74) is 2.11. The molecule has 0 fully saturated rings. The zero-order valence-electron chi connectivity index (χ0n) is 15.0. The summed E-state index contributed by atoms with van der Waals surface area (Å²) in [5, 5.41) is 2.75. The van der Waals surface area contributed by atoms with Gasteiger partial charge in [0, 0.05) is 25.5 Å². The Morgan fingerprint density at radius 1 is 1.22 bits per heavy atom. The lowest BCUT2D eigenvalue weighted by molar-refractivity contribution is -0.129. The van der Waals surface area contributed by atoms with E-state index in [1.54, 1.807) is 23.2 Å². The summed E-state index contributed by atoms with van der Waals surface area (Å²) in [6.45, 7) is 2.09. The monoisotopic (exact) mass is 388 g/mol. The highest BCUT2D eigenvalue weighted by molar-refractivity contribution is 7.90. The first kappa shape index (κ1) is 18.8. The van der Waals surface area contributed by atoms with Crippen molar-refractivity contribution < 1.29 is 18.0 Å². The van der Waals surface area contributed by atoms with E-state index in [1.165, 1.54) is 24.1 Å². The Hall–Kier alpha value is -2.94. The summed E-state index contributed by atoms with van der Waals surface area (Å²) < 4.78 is 26.7. The smallest absolute Gasteiger partial charge is 0.256 e. The first-order valence-electron chi connectivity index (χ1n) is 8.35. The van der Waals surface area contributed by atoms with Crippen LogP contribution in [0.3, 0.4) is 0 Å². The molecule has 2 aliphatic heterocycles. The Morgan fingerprint density at radius 3 is 2.63 bits per heavy atom. The molecule has 2 amide bonds. The Balaban J connectivity index is 1.62. The van der Waals surface area contributed by atoms with Gasteiger partial charge in [0.25, 0.3) is 15.9 Å². The standard InChI is InChI=1S/C18H20N4O4S/c1-13-3-6-15(7-4-13)19-17(23)12-21(2)18(24)14-5-8-16-20-27(25,26)10-9-22(16)11-14/h3-8,11H,9-10,12H2,1-2H3,(H,19,23). The molecule has 1 aromatic carbocycles. The Kier molecular flexibility index (Phi) is 5.13. The number of nitrogens with zero attached hydrogens (tertiary/aromatic N) is 3. The fraction of sp³-hybridized carbons (Fsp3) is 0.278. The number of hydrogen-bond acceptors (Lipinski definition) is 5. The lowest BCUT2D eigenvalue weighted by atomic mass is 10.1. The van der Waals surface area contributed by atoms with Crippen LogP contribution in [0.25, 0.3) is 0 Å². The van der Waals surface area contributed by atoms with Crippen LogP contribution in [0, 0.1) is 6.92 Å². The highest BCUT2D eigenvalue weighted by Crippen LogP contribution is 2.17. The van der Waals surface area contributed by atoms with Gasteiger partial charge in [-0.25, -0.2) is 8.42 Å². The molecule has 9 heteroatoms. The van der Waals surface area contributed by atoms with Crippen molar-refractivity contribution in [3.05, 3.63) is 53.8 Å². The molecule has 8 nitrogen and oxygen atoms in total. The maximum Gasteiger partial charge on any atom is 0.256 e. The van der Waals surface area contributed by atoms with E-state index in [0.717, 1.165) is 5.56 Å². The molecule has 27 heavy (non-hydrogen) atoms. The highest BCUT2D eigenvalue weighted by Gasteiger charge is 2.26. The molecule has 0 atom stereocenters. The average Bonchev–Trinajstić information content (AvgIpc) is 2.61. The molecule has 3 rings (SSSR count). The number of amidine groups is 1. The largest absolute Gasteiger partial charge is 0.332 e. The van der Waals surface area contributed by atoms with Crippen molar-refractivity contribution >= 4 is 33.4 Å². The number of carbonyl (C=O) groups excluding carboxylic acids is 2. The van der Waals surface area contributed by atoms with Gasteiger partial charge >= 0.3 is 0 Å². The summed E-state index contributed by atoms with van der Waals surface area (Å²) in [6.07, 6.45) is 4.56. The van der Waals surface area contributed by atoms with Crippen LogP contribution in [0.2, 0.25) is 0 Å². The van der Waals surface area contributed by atoms with Gasteiger partial charge in [-0.2, -0.15) is 0 Å². The number of likely N-dealkylation sites (N-methyl/N-ethyl adjacent to an activating group) is 1. The van der Waals surface area contributed by atoms with Gasteiger partial charge in [0.15, 0.2) is 0 Å². The molecule has 0 saturated carbocycles. The van der Waals surface area contributed by atoms with E-state index in [9.17, 15) is 18.0 Å². The summed E-state index contributed by atoms with van der Waals surface area (Å²) in [4.78, 5) is 27.7. The van der Waals surface area contributed by atoms with Gasteiger partial charge in [0.1, 0.15) is 5.84 Å². The highest BCUT2D eigenvalue weighted by atomic mass is 32.2. The third-order valence-electron chi connectivity index (χ3n) is 4.13. The summed E-state index contributed by atoms with van der Waals surface area (Å²) >= 11 is 0. The number of aryl methyl sites for hydroxylation is 1. The van der Waals surface area contributed by atoms with Crippen molar-refractivity contribution in [1.29, 1.82) is 0 Å². The third kappa shape index (κ3) is 4.62. The van der Waals surface area contributed by atoms with E-state index in [2.05, 4.69) is 9.71 Å². The molecule has 0 aliphatic carbocycles. The van der Waals surface area contributed by atoms with E-state index in [-0.39, 0.29) is 36.5 Å². The van der Waals surface area contributed by atoms with Gasteiger partial charge in [-0.05, 0) is 31.2 Å². The fourth-order valence-electron chi connectivity index (χ4n) is 2.67. The number of rotatable bonds is 4. The first-order valence-corrected chi connectivity index (χ1v) is 9.95. The van der Waals surface area contributed by atoms with Gasteiger partial charge in [0.2, 0.25) is 5.91 Å². The van der Waals surface area contributed by atoms with Gasteiger partial charge in [-0.1, -0.05) is 17.7 Å². The number of anilines is 1. The molecular formula is C18H20N4O4S. The van der Waals surface area contributed by atoms with Crippen molar-refractivity contribution in [1.82, 2.24) is 9.80 Å². The maximum absolute atomic E-state index is 12.6. The van der Waals surface area contributed by atoms with E-state index in [4.69, 9.17) is 0 Å². The Labute approximate surface area is 157 Å². The SMILES string of the molecule is Cc1ccc(NC(=O)CN(C)C(=O)C2=CN3CCS(=O)(=O)N=C3C=C2)cc1. The second-order valence-electron chi connectivity index (χ2n) is 6.42. The Morgan fingerprint density at radius 2 is 1.93 bits per heavy atom. The molecule has 0 aromatic heterocycles. The van der Waals surface area contributed by atoms with Crippen molar-refractivity contribution in [3.8, 4) is 0 Å². The quantitative estimate of drug-likeness (QED) is 0.826. The molecule has 2 aliphatic rings. The van der Waals surface area contributed by atoms with Crippen LogP contribution in [0.5, 0.6) is 0 Å². The van der Waals surface area contributed by atoms with E-state index >= 15 is 0 Å². The minimum Gasteiger partial charge on any atom is -0.332 e. The maximum atomic E-state index is 12.6. The number of hydrogen-bond donors (Lipinski definition) is 1. The molecule has 0 saturated heterocycles. The normalized spacial score (nSPS) is 17.5. The predicted molar refractivity (Wildman–Crippen MR) is 103 cm³/mol. The average molecular weight is 388 g/mol. The second-order valence-corrected chi connectivity index (χ2v) is 8.18. The molecular weight excluding hydrogens is 368 g/mol. The zero-order valence-corrected chi connectivity index (χ0v) is 15.9. The second kappa shape index (κ2) is 7.36. The van der Waals surface area contributed by atoms with Gasteiger partial charge in [-0.3, -0.25) is 9.59 Å². The number of nitrogens with one attached hydrogen (secondary N) is 1. The van der Waals surface area contributed by atoms with Crippen molar-refractivity contribution in [2.45, 2.75) is 6.92 Å². The van der Waals surface area contributed by atoms with Gasteiger partial charge in [0.05, 0.1) is 17.9 Å². The number of carbonyl (C=O) groups is 2. The molecule has 142 valence electrons. The molecule has 1 aromatic rings. The van der Waals surface area contributed by atoms with Crippen LogP contribution in [0.4, 0.5) is 5.69 Å². The lowest BCUT2D eigenvalue weighted by Crippen LogP contribution is -2.39. The van der Waals surface area contributed by atoms with Crippen LogP contribution < -0.4 is 5.32 Å². The van der Waals surface area contributed by atoms with Crippen LogP contribution in [0.1, 0.15) is 5.56 Å². The van der Waals surface area contributed by atoms with E-state index in [0.29, 0.717) is 11.3 Å². The molecule has 0 unspecified atom stereocenters. The third-order valence-corrected chi connectivity index (χ3v) is 5.30. The van der Waals surface area contributed by atoms with Gasteiger partial charge in [-0.15, -0.1) is 4.40 Å². The van der Waals surface area contributed by atoms with Crippen LogP contribution in [0.15, 0.2) is 52.6 Å². The zero-order chi connectivity index (χ0) is 19.6. The molecule has 0 bridgehead atoms.